The van der Waals surface area contributed by atoms with Crippen LogP contribution in [0.25, 0.3) is 5.69 Å². The lowest BCUT2D eigenvalue weighted by atomic mass is 10.2. The van der Waals surface area contributed by atoms with Crippen molar-refractivity contribution in [2.45, 2.75) is 20.4 Å². The second-order valence-electron chi connectivity index (χ2n) is 5.01. The Kier molecular flexibility index (Phi) is 3.74. The van der Waals surface area contributed by atoms with Crippen molar-refractivity contribution in [3.8, 4) is 5.69 Å². The number of aromatic nitrogens is 3. The molecule has 0 fully saturated rings. The molecule has 0 spiro atoms. The highest BCUT2D eigenvalue weighted by molar-refractivity contribution is 5.95. The number of aryl methyl sites for hydroxylation is 2. The zero-order chi connectivity index (χ0) is 15.5. The van der Waals surface area contributed by atoms with Crippen LogP contribution in [0.1, 0.15) is 27.4 Å². The van der Waals surface area contributed by atoms with Gasteiger partial charge in [-0.05, 0) is 26.0 Å². The van der Waals surface area contributed by atoms with E-state index in [1.54, 1.807) is 24.7 Å². The Balaban J connectivity index is 1.68. The molecule has 1 N–H and O–H groups in total. The molecule has 0 aliphatic carbocycles. The van der Waals surface area contributed by atoms with Gasteiger partial charge in [-0.1, -0.05) is 23.4 Å². The molecule has 0 aliphatic heterocycles. The van der Waals surface area contributed by atoms with Crippen molar-refractivity contribution >= 4 is 5.91 Å². The highest BCUT2D eigenvalue weighted by Crippen LogP contribution is 2.12. The SMILES string of the molecule is Cc1noc(C)c1C(=O)NCc1cnn(-c2ccccc2)c1. The summed E-state index contributed by atoms with van der Waals surface area (Å²) in [5, 5.41) is 10.9. The van der Waals surface area contributed by atoms with E-state index in [2.05, 4.69) is 15.6 Å². The van der Waals surface area contributed by atoms with Gasteiger partial charge in [0.05, 0.1) is 17.6 Å². The third-order valence-electron chi connectivity index (χ3n) is 3.37. The van der Waals surface area contributed by atoms with E-state index in [0.717, 1.165) is 11.3 Å². The molecule has 1 amide bonds. The molecule has 2 aromatic heterocycles. The second-order valence-corrected chi connectivity index (χ2v) is 5.01. The number of hydrogen-bond acceptors (Lipinski definition) is 4. The summed E-state index contributed by atoms with van der Waals surface area (Å²) in [6, 6.07) is 9.81. The van der Waals surface area contributed by atoms with Crippen molar-refractivity contribution in [1.29, 1.82) is 0 Å². The Morgan fingerprint density at radius 3 is 2.73 bits per heavy atom. The topological polar surface area (TPSA) is 73.0 Å². The number of nitrogens with zero attached hydrogens (tertiary/aromatic N) is 3. The smallest absolute Gasteiger partial charge is 0.257 e. The van der Waals surface area contributed by atoms with Crippen LogP contribution in [-0.2, 0) is 6.54 Å². The fourth-order valence-electron chi connectivity index (χ4n) is 2.25. The van der Waals surface area contributed by atoms with Gasteiger partial charge in [-0.15, -0.1) is 0 Å². The van der Waals surface area contributed by atoms with Gasteiger partial charge in [0.15, 0.2) is 0 Å². The third-order valence-corrected chi connectivity index (χ3v) is 3.37. The molecule has 0 atom stereocenters. The first-order valence-corrected chi connectivity index (χ1v) is 6.95. The van der Waals surface area contributed by atoms with E-state index in [4.69, 9.17) is 4.52 Å². The van der Waals surface area contributed by atoms with E-state index >= 15 is 0 Å². The Hall–Kier alpha value is -2.89. The highest BCUT2D eigenvalue weighted by Gasteiger charge is 2.17. The summed E-state index contributed by atoms with van der Waals surface area (Å²) in [7, 11) is 0. The fourth-order valence-corrected chi connectivity index (χ4v) is 2.25. The molecule has 2 heterocycles. The average Bonchev–Trinajstić information content (AvgIpc) is 3.13. The zero-order valence-electron chi connectivity index (χ0n) is 12.4. The van der Waals surface area contributed by atoms with Crippen LogP contribution >= 0.6 is 0 Å². The summed E-state index contributed by atoms with van der Waals surface area (Å²) < 4.78 is 6.78. The molecular formula is C16H16N4O2. The lowest BCUT2D eigenvalue weighted by Gasteiger charge is -2.03. The molecule has 3 rings (SSSR count). The standard InChI is InChI=1S/C16H16N4O2/c1-11-15(12(2)22-19-11)16(21)17-8-13-9-18-20(10-13)14-6-4-3-5-7-14/h3-7,9-10H,8H2,1-2H3,(H,17,21). The van der Waals surface area contributed by atoms with E-state index < -0.39 is 0 Å². The van der Waals surface area contributed by atoms with Crippen molar-refractivity contribution < 1.29 is 9.32 Å². The summed E-state index contributed by atoms with van der Waals surface area (Å²) in [5.41, 5.74) is 2.99. The van der Waals surface area contributed by atoms with Crippen LogP contribution in [-0.4, -0.2) is 20.8 Å². The Morgan fingerprint density at radius 2 is 2.05 bits per heavy atom. The number of carbonyl (C=O) groups is 1. The van der Waals surface area contributed by atoms with Gasteiger partial charge in [0.2, 0.25) is 0 Å². The molecule has 22 heavy (non-hydrogen) atoms. The van der Waals surface area contributed by atoms with Gasteiger partial charge in [-0.2, -0.15) is 5.10 Å². The third kappa shape index (κ3) is 2.76. The van der Waals surface area contributed by atoms with Gasteiger partial charge in [0, 0.05) is 18.3 Å². The first-order chi connectivity index (χ1) is 10.6. The molecule has 3 aromatic rings. The lowest BCUT2D eigenvalue weighted by molar-refractivity contribution is 0.0949. The van der Waals surface area contributed by atoms with Crippen LogP contribution in [0.5, 0.6) is 0 Å². The van der Waals surface area contributed by atoms with Crippen LogP contribution in [0.3, 0.4) is 0 Å². The summed E-state index contributed by atoms with van der Waals surface area (Å²) in [4.78, 5) is 12.2. The van der Waals surface area contributed by atoms with Crippen LogP contribution in [0, 0.1) is 13.8 Å². The van der Waals surface area contributed by atoms with E-state index in [1.165, 1.54) is 0 Å². The van der Waals surface area contributed by atoms with E-state index in [9.17, 15) is 4.79 Å². The Bertz CT molecular complexity index is 770. The van der Waals surface area contributed by atoms with Crippen LogP contribution in [0.15, 0.2) is 47.2 Å². The first kappa shape index (κ1) is 14.1. The van der Waals surface area contributed by atoms with Crippen molar-refractivity contribution in [1.82, 2.24) is 20.3 Å². The van der Waals surface area contributed by atoms with E-state index in [1.807, 2.05) is 36.5 Å². The summed E-state index contributed by atoms with van der Waals surface area (Å²) >= 11 is 0. The van der Waals surface area contributed by atoms with Gasteiger partial charge >= 0.3 is 0 Å². The number of nitrogens with one attached hydrogen (secondary N) is 1. The molecule has 0 aliphatic rings. The minimum atomic E-state index is -0.191. The molecular weight excluding hydrogens is 280 g/mol. The molecule has 0 saturated carbocycles. The van der Waals surface area contributed by atoms with Gasteiger partial charge in [0.1, 0.15) is 11.3 Å². The number of rotatable bonds is 4. The quantitative estimate of drug-likeness (QED) is 0.802. The maximum absolute atomic E-state index is 12.2. The first-order valence-electron chi connectivity index (χ1n) is 6.95. The zero-order valence-corrected chi connectivity index (χ0v) is 12.4. The normalized spacial score (nSPS) is 10.6. The largest absolute Gasteiger partial charge is 0.361 e. The molecule has 0 saturated heterocycles. The van der Waals surface area contributed by atoms with Gasteiger partial charge in [-0.3, -0.25) is 4.79 Å². The fraction of sp³-hybridized carbons (Fsp3) is 0.188. The number of hydrogen-bond donors (Lipinski definition) is 1. The molecule has 112 valence electrons. The summed E-state index contributed by atoms with van der Waals surface area (Å²) in [5.74, 6) is 0.332. The maximum Gasteiger partial charge on any atom is 0.257 e. The summed E-state index contributed by atoms with van der Waals surface area (Å²) in [6.45, 7) is 3.87. The van der Waals surface area contributed by atoms with Crippen molar-refractivity contribution in [3.63, 3.8) is 0 Å². The van der Waals surface area contributed by atoms with Gasteiger partial charge in [0.25, 0.3) is 5.91 Å². The number of amides is 1. The predicted molar refractivity (Wildman–Crippen MR) is 80.7 cm³/mol. The molecule has 6 nitrogen and oxygen atoms in total. The van der Waals surface area contributed by atoms with Crippen molar-refractivity contribution in [2.24, 2.45) is 0 Å². The molecule has 0 bridgehead atoms. The minimum absolute atomic E-state index is 0.191. The average molecular weight is 296 g/mol. The lowest BCUT2D eigenvalue weighted by Crippen LogP contribution is -2.23. The predicted octanol–water partition coefficient (Wildman–Crippen LogP) is 2.41. The monoisotopic (exact) mass is 296 g/mol. The number of benzene rings is 1. The summed E-state index contributed by atoms with van der Waals surface area (Å²) in [6.07, 6.45) is 3.63. The van der Waals surface area contributed by atoms with Gasteiger partial charge in [-0.25, -0.2) is 4.68 Å². The molecule has 0 unspecified atom stereocenters. The number of carbonyl (C=O) groups excluding carboxylic acids is 1. The van der Waals surface area contributed by atoms with Gasteiger partial charge < -0.3 is 9.84 Å². The van der Waals surface area contributed by atoms with Crippen LogP contribution in [0.4, 0.5) is 0 Å². The number of para-hydroxylation sites is 1. The molecule has 1 aromatic carbocycles. The van der Waals surface area contributed by atoms with Crippen LogP contribution < -0.4 is 5.32 Å². The van der Waals surface area contributed by atoms with Crippen LogP contribution in [0.2, 0.25) is 0 Å². The van der Waals surface area contributed by atoms with Crippen molar-refractivity contribution in [3.05, 3.63) is 65.3 Å². The van der Waals surface area contributed by atoms with E-state index in [0.29, 0.717) is 23.6 Å². The minimum Gasteiger partial charge on any atom is -0.361 e. The Morgan fingerprint density at radius 1 is 1.27 bits per heavy atom. The molecule has 0 radical (unpaired) electrons. The van der Waals surface area contributed by atoms with E-state index in [-0.39, 0.29) is 5.91 Å². The highest BCUT2D eigenvalue weighted by atomic mass is 16.5. The Labute approximate surface area is 127 Å². The molecule has 6 heteroatoms. The van der Waals surface area contributed by atoms with Crippen molar-refractivity contribution in [2.75, 3.05) is 0 Å². The maximum atomic E-state index is 12.2. The second kappa shape index (κ2) is 5.85.